The average molecular weight is 300 g/mol. The molecule has 0 aliphatic carbocycles. The molecule has 2 rings (SSSR count). The minimum atomic E-state index is -0.771. The zero-order valence-electron chi connectivity index (χ0n) is 9.22. The van der Waals surface area contributed by atoms with Crippen molar-refractivity contribution < 1.29 is 14.0 Å². The minimum absolute atomic E-state index is 0.117. The SMILES string of the molecule is CC1(c2cc(Br)ccc2F)CC(=O)NC(=O)C1. The molecule has 90 valence electrons. The molecule has 1 saturated heterocycles. The quantitative estimate of drug-likeness (QED) is 0.809. The van der Waals surface area contributed by atoms with E-state index in [4.69, 9.17) is 0 Å². The fourth-order valence-corrected chi connectivity index (χ4v) is 2.53. The van der Waals surface area contributed by atoms with Crippen LogP contribution in [0.15, 0.2) is 22.7 Å². The summed E-state index contributed by atoms with van der Waals surface area (Å²) in [6.45, 7) is 1.73. The van der Waals surface area contributed by atoms with Crippen LogP contribution in [0.1, 0.15) is 25.3 Å². The summed E-state index contributed by atoms with van der Waals surface area (Å²) < 4.78 is 14.5. The first kappa shape index (κ1) is 12.2. The molecule has 0 spiro atoms. The molecule has 1 aliphatic rings. The molecule has 0 atom stereocenters. The molecular weight excluding hydrogens is 289 g/mol. The summed E-state index contributed by atoms with van der Waals surface area (Å²) in [6, 6.07) is 4.55. The van der Waals surface area contributed by atoms with Crippen molar-refractivity contribution in [1.29, 1.82) is 0 Å². The van der Waals surface area contributed by atoms with Crippen molar-refractivity contribution in [2.45, 2.75) is 25.2 Å². The lowest BCUT2D eigenvalue weighted by atomic mass is 9.74. The Balaban J connectivity index is 2.46. The Morgan fingerprint density at radius 2 is 1.88 bits per heavy atom. The summed E-state index contributed by atoms with van der Waals surface area (Å²) >= 11 is 3.27. The van der Waals surface area contributed by atoms with E-state index in [0.29, 0.717) is 5.56 Å². The van der Waals surface area contributed by atoms with E-state index in [-0.39, 0.29) is 24.7 Å². The summed E-state index contributed by atoms with van der Waals surface area (Å²) in [4.78, 5) is 22.8. The first-order chi connectivity index (χ1) is 7.90. The number of carbonyl (C=O) groups is 2. The molecule has 3 nitrogen and oxygen atoms in total. The lowest BCUT2D eigenvalue weighted by Crippen LogP contribution is -2.45. The van der Waals surface area contributed by atoms with Crippen molar-refractivity contribution in [3.05, 3.63) is 34.1 Å². The minimum Gasteiger partial charge on any atom is -0.296 e. The molecule has 2 amide bonds. The number of hydrogen-bond acceptors (Lipinski definition) is 2. The van der Waals surface area contributed by atoms with Gasteiger partial charge in [0.05, 0.1) is 0 Å². The molecule has 17 heavy (non-hydrogen) atoms. The fraction of sp³-hybridized carbons (Fsp3) is 0.333. The molecule has 1 fully saturated rings. The van der Waals surface area contributed by atoms with Gasteiger partial charge in [-0.05, 0) is 23.8 Å². The molecule has 1 aromatic rings. The van der Waals surface area contributed by atoms with Crippen LogP contribution in [0.2, 0.25) is 0 Å². The number of piperidine rings is 1. The van der Waals surface area contributed by atoms with Gasteiger partial charge >= 0.3 is 0 Å². The first-order valence-electron chi connectivity index (χ1n) is 5.19. The molecule has 1 aliphatic heterocycles. The summed E-state index contributed by atoms with van der Waals surface area (Å²) in [5, 5.41) is 2.23. The second kappa shape index (κ2) is 4.22. The topological polar surface area (TPSA) is 46.2 Å². The monoisotopic (exact) mass is 299 g/mol. The van der Waals surface area contributed by atoms with Crippen molar-refractivity contribution in [2.24, 2.45) is 0 Å². The van der Waals surface area contributed by atoms with Gasteiger partial charge < -0.3 is 0 Å². The average Bonchev–Trinajstić information content (AvgIpc) is 2.19. The standard InChI is InChI=1S/C12H11BrFNO2/c1-12(5-10(16)15-11(17)6-12)8-4-7(13)2-3-9(8)14/h2-4H,5-6H2,1H3,(H,15,16,17). The number of halogens is 2. The number of amides is 2. The molecule has 0 aromatic heterocycles. The number of rotatable bonds is 1. The van der Waals surface area contributed by atoms with E-state index in [1.165, 1.54) is 6.07 Å². The van der Waals surface area contributed by atoms with Crippen LogP contribution in [-0.4, -0.2) is 11.8 Å². The maximum atomic E-state index is 13.8. The molecule has 0 bridgehead atoms. The van der Waals surface area contributed by atoms with Gasteiger partial charge in [-0.3, -0.25) is 14.9 Å². The molecule has 1 N–H and O–H groups in total. The zero-order valence-corrected chi connectivity index (χ0v) is 10.8. The predicted molar refractivity (Wildman–Crippen MR) is 63.8 cm³/mol. The Labute approximate surface area is 107 Å². The fourth-order valence-electron chi connectivity index (χ4n) is 2.17. The van der Waals surface area contributed by atoms with Crippen molar-refractivity contribution in [3.8, 4) is 0 Å². The second-order valence-electron chi connectivity index (χ2n) is 4.51. The second-order valence-corrected chi connectivity index (χ2v) is 5.43. The van der Waals surface area contributed by atoms with Crippen molar-refractivity contribution in [3.63, 3.8) is 0 Å². The van der Waals surface area contributed by atoms with Gasteiger partial charge in [0.1, 0.15) is 5.82 Å². The third-order valence-electron chi connectivity index (χ3n) is 2.96. The highest BCUT2D eigenvalue weighted by Crippen LogP contribution is 2.36. The van der Waals surface area contributed by atoms with Gasteiger partial charge in [0.25, 0.3) is 0 Å². The lowest BCUT2D eigenvalue weighted by molar-refractivity contribution is -0.135. The van der Waals surface area contributed by atoms with E-state index in [2.05, 4.69) is 21.2 Å². The van der Waals surface area contributed by atoms with Gasteiger partial charge in [0, 0.05) is 22.7 Å². The van der Waals surface area contributed by atoms with Crippen LogP contribution in [0.4, 0.5) is 4.39 Å². The van der Waals surface area contributed by atoms with E-state index >= 15 is 0 Å². The van der Waals surface area contributed by atoms with E-state index in [0.717, 1.165) is 4.47 Å². The van der Waals surface area contributed by atoms with Gasteiger partial charge in [-0.15, -0.1) is 0 Å². The van der Waals surface area contributed by atoms with Crippen LogP contribution in [0.3, 0.4) is 0 Å². The Morgan fingerprint density at radius 1 is 1.29 bits per heavy atom. The number of nitrogens with one attached hydrogen (secondary N) is 1. The smallest absolute Gasteiger partial charge is 0.227 e. The van der Waals surface area contributed by atoms with E-state index in [1.54, 1.807) is 19.1 Å². The van der Waals surface area contributed by atoms with E-state index < -0.39 is 11.2 Å². The van der Waals surface area contributed by atoms with Crippen LogP contribution < -0.4 is 5.32 Å². The Bertz CT molecular complexity index is 485. The van der Waals surface area contributed by atoms with Gasteiger partial charge in [0.2, 0.25) is 11.8 Å². The highest BCUT2D eigenvalue weighted by Gasteiger charge is 2.38. The largest absolute Gasteiger partial charge is 0.296 e. The third kappa shape index (κ3) is 2.39. The van der Waals surface area contributed by atoms with Crippen molar-refractivity contribution in [1.82, 2.24) is 5.32 Å². The third-order valence-corrected chi connectivity index (χ3v) is 3.45. The molecule has 5 heteroatoms. The summed E-state index contributed by atoms with van der Waals surface area (Å²) in [5.41, 5.74) is -0.372. The molecule has 0 radical (unpaired) electrons. The maximum Gasteiger partial charge on any atom is 0.227 e. The first-order valence-corrected chi connectivity index (χ1v) is 5.98. The van der Waals surface area contributed by atoms with E-state index in [9.17, 15) is 14.0 Å². The molecule has 0 unspecified atom stereocenters. The lowest BCUT2D eigenvalue weighted by Gasteiger charge is -2.32. The highest BCUT2D eigenvalue weighted by molar-refractivity contribution is 9.10. The summed E-state index contributed by atoms with van der Waals surface area (Å²) in [6.07, 6.45) is 0.234. The number of carbonyl (C=O) groups excluding carboxylic acids is 2. The van der Waals surface area contributed by atoms with Crippen molar-refractivity contribution >= 4 is 27.7 Å². The van der Waals surface area contributed by atoms with Crippen LogP contribution in [0.25, 0.3) is 0 Å². The van der Waals surface area contributed by atoms with Crippen molar-refractivity contribution in [2.75, 3.05) is 0 Å². The number of hydrogen-bond donors (Lipinski definition) is 1. The normalized spacial score (nSPS) is 19.0. The Hall–Kier alpha value is -1.23. The van der Waals surface area contributed by atoms with Crippen LogP contribution in [0.5, 0.6) is 0 Å². The zero-order chi connectivity index (χ0) is 12.6. The Morgan fingerprint density at radius 3 is 2.47 bits per heavy atom. The predicted octanol–water partition coefficient (Wildman–Crippen LogP) is 2.28. The van der Waals surface area contributed by atoms with Gasteiger partial charge in [-0.1, -0.05) is 22.9 Å². The Kier molecular flexibility index (Phi) is 3.03. The molecular formula is C12H11BrFNO2. The van der Waals surface area contributed by atoms with Crippen LogP contribution >= 0.6 is 15.9 Å². The van der Waals surface area contributed by atoms with E-state index in [1.807, 2.05) is 0 Å². The van der Waals surface area contributed by atoms with Gasteiger partial charge in [-0.25, -0.2) is 4.39 Å². The molecule has 1 aromatic carbocycles. The maximum absolute atomic E-state index is 13.8. The molecule has 1 heterocycles. The van der Waals surface area contributed by atoms with Gasteiger partial charge in [0.15, 0.2) is 0 Å². The molecule has 0 saturated carbocycles. The number of imide groups is 1. The highest BCUT2D eigenvalue weighted by atomic mass is 79.9. The summed E-state index contributed by atoms with van der Waals surface area (Å²) in [5.74, 6) is -1.11. The summed E-state index contributed by atoms with van der Waals surface area (Å²) in [7, 11) is 0. The number of benzene rings is 1. The van der Waals surface area contributed by atoms with Crippen LogP contribution in [-0.2, 0) is 15.0 Å². The van der Waals surface area contributed by atoms with Crippen LogP contribution in [0, 0.1) is 5.82 Å². The van der Waals surface area contributed by atoms with Gasteiger partial charge in [-0.2, -0.15) is 0 Å².